The van der Waals surface area contributed by atoms with Crippen LogP contribution in [0.3, 0.4) is 0 Å². The Kier molecular flexibility index (Phi) is 7.43. The third kappa shape index (κ3) is 6.66. The molecular weight excluding hydrogens is 442 g/mol. The van der Waals surface area contributed by atoms with E-state index in [4.69, 9.17) is 0 Å². The predicted molar refractivity (Wildman–Crippen MR) is 126 cm³/mol. The lowest BCUT2D eigenvalue weighted by atomic mass is 10.1. The molecule has 0 spiro atoms. The number of carbonyl (C=O) groups excluding carboxylic acids is 1. The SMILES string of the molecule is CS(=O)(=O)c1ccc(NCCNC(=O)c2ccc(C#Cc3ccccc3)cc2)c([N+](=O)[O-])c1. The first-order chi connectivity index (χ1) is 15.7. The van der Waals surface area contributed by atoms with Crippen molar-refractivity contribution in [2.24, 2.45) is 0 Å². The number of nitrogens with one attached hydrogen (secondary N) is 2. The molecule has 1 amide bonds. The van der Waals surface area contributed by atoms with Crippen LogP contribution in [0, 0.1) is 22.0 Å². The fraction of sp³-hybridized carbons (Fsp3) is 0.125. The van der Waals surface area contributed by atoms with Crippen LogP contribution in [0.5, 0.6) is 0 Å². The number of rotatable bonds is 7. The van der Waals surface area contributed by atoms with E-state index >= 15 is 0 Å². The molecule has 0 aliphatic rings. The van der Waals surface area contributed by atoms with Crippen LogP contribution >= 0.6 is 0 Å². The number of nitro benzene ring substituents is 1. The number of sulfone groups is 1. The van der Waals surface area contributed by atoms with Crippen molar-refractivity contribution in [2.45, 2.75) is 4.90 Å². The Hall–Kier alpha value is -4.16. The van der Waals surface area contributed by atoms with Crippen LogP contribution < -0.4 is 10.6 Å². The van der Waals surface area contributed by atoms with E-state index < -0.39 is 14.8 Å². The summed E-state index contributed by atoms with van der Waals surface area (Å²) in [5.74, 6) is 5.80. The van der Waals surface area contributed by atoms with Gasteiger partial charge in [0, 0.05) is 42.1 Å². The van der Waals surface area contributed by atoms with Gasteiger partial charge in [-0.15, -0.1) is 0 Å². The highest BCUT2D eigenvalue weighted by Gasteiger charge is 2.18. The molecular formula is C24H21N3O5S. The number of nitrogens with zero attached hydrogens (tertiary/aromatic N) is 1. The lowest BCUT2D eigenvalue weighted by Gasteiger charge is -2.09. The van der Waals surface area contributed by atoms with Crippen molar-refractivity contribution in [1.82, 2.24) is 5.32 Å². The highest BCUT2D eigenvalue weighted by molar-refractivity contribution is 7.90. The van der Waals surface area contributed by atoms with Gasteiger partial charge >= 0.3 is 0 Å². The van der Waals surface area contributed by atoms with Gasteiger partial charge in [-0.2, -0.15) is 0 Å². The maximum Gasteiger partial charge on any atom is 0.293 e. The van der Waals surface area contributed by atoms with E-state index in [9.17, 15) is 23.3 Å². The lowest BCUT2D eigenvalue weighted by molar-refractivity contribution is -0.384. The Morgan fingerprint density at radius 1 is 0.939 bits per heavy atom. The largest absolute Gasteiger partial charge is 0.378 e. The van der Waals surface area contributed by atoms with Crippen LogP contribution in [0.4, 0.5) is 11.4 Å². The van der Waals surface area contributed by atoms with E-state index in [1.165, 1.54) is 12.1 Å². The summed E-state index contributed by atoms with van der Waals surface area (Å²) >= 11 is 0. The van der Waals surface area contributed by atoms with Crippen molar-refractivity contribution in [3.05, 3.63) is 99.6 Å². The fourth-order valence-electron chi connectivity index (χ4n) is 2.89. The third-order valence-corrected chi connectivity index (χ3v) is 5.70. The molecule has 3 rings (SSSR count). The minimum absolute atomic E-state index is 0.134. The Morgan fingerprint density at radius 2 is 1.58 bits per heavy atom. The highest BCUT2D eigenvalue weighted by Crippen LogP contribution is 2.27. The van der Waals surface area contributed by atoms with Gasteiger partial charge in [-0.25, -0.2) is 8.42 Å². The molecule has 0 heterocycles. The molecule has 9 heteroatoms. The van der Waals surface area contributed by atoms with Crippen LogP contribution in [-0.4, -0.2) is 38.6 Å². The number of carbonyl (C=O) groups is 1. The number of hydrogen-bond acceptors (Lipinski definition) is 6. The predicted octanol–water partition coefficient (Wildman–Crippen LogP) is 3.24. The summed E-state index contributed by atoms with van der Waals surface area (Å²) < 4.78 is 23.2. The van der Waals surface area contributed by atoms with Crippen LogP contribution in [-0.2, 0) is 9.84 Å². The topological polar surface area (TPSA) is 118 Å². The third-order valence-electron chi connectivity index (χ3n) is 4.59. The van der Waals surface area contributed by atoms with Crippen molar-refractivity contribution >= 4 is 27.1 Å². The van der Waals surface area contributed by atoms with E-state index in [1.807, 2.05) is 30.3 Å². The molecule has 3 aromatic rings. The molecule has 0 atom stereocenters. The quantitative estimate of drug-likeness (QED) is 0.240. The standard InChI is InChI=1S/C24H21N3O5S/c1-33(31,32)21-13-14-22(23(17-21)27(29)30)25-15-16-26-24(28)20-11-9-19(10-12-20)8-7-18-5-3-2-4-6-18/h2-6,9-14,17,25H,15-16H2,1H3,(H,26,28). The Morgan fingerprint density at radius 3 is 2.18 bits per heavy atom. The molecule has 0 aliphatic heterocycles. The van der Waals surface area contributed by atoms with Crippen LogP contribution in [0.15, 0.2) is 77.7 Å². The second-order valence-electron chi connectivity index (χ2n) is 7.08. The monoisotopic (exact) mass is 463 g/mol. The Bertz CT molecular complexity index is 1330. The summed E-state index contributed by atoms with van der Waals surface area (Å²) in [7, 11) is -3.56. The second kappa shape index (κ2) is 10.4. The van der Waals surface area contributed by atoms with E-state index in [0.717, 1.165) is 23.4 Å². The molecule has 3 aromatic carbocycles. The smallest absolute Gasteiger partial charge is 0.293 e. The number of nitro groups is 1. The van der Waals surface area contributed by atoms with E-state index in [1.54, 1.807) is 24.3 Å². The Labute approximate surface area is 191 Å². The summed E-state index contributed by atoms with van der Waals surface area (Å²) in [5.41, 5.74) is 1.96. The van der Waals surface area contributed by atoms with E-state index in [2.05, 4.69) is 22.5 Å². The van der Waals surface area contributed by atoms with Crippen molar-refractivity contribution in [3.63, 3.8) is 0 Å². The Balaban J connectivity index is 1.55. The first kappa shape index (κ1) is 23.5. The van der Waals surface area contributed by atoms with Crippen LogP contribution in [0.25, 0.3) is 0 Å². The van der Waals surface area contributed by atoms with Gasteiger partial charge in [-0.3, -0.25) is 14.9 Å². The summed E-state index contributed by atoms with van der Waals surface area (Å²) in [5, 5.41) is 16.9. The molecule has 0 bridgehead atoms. The average Bonchev–Trinajstić information content (AvgIpc) is 2.80. The summed E-state index contributed by atoms with van der Waals surface area (Å²) in [6, 6.07) is 20.1. The normalized spacial score (nSPS) is 10.6. The number of anilines is 1. The van der Waals surface area contributed by atoms with Crippen molar-refractivity contribution in [3.8, 4) is 11.8 Å². The van der Waals surface area contributed by atoms with Crippen molar-refractivity contribution in [2.75, 3.05) is 24.7 Å². The molecule has 0 fully saturated rings. The van der Waals surface area contributed by atoms with Gasteiger partial charge in [0.05, 0.1) is 9.82 Å². The number of hydrogen-bond donors (Lipinski definition) is 2. The minimum atomic E-state index is -3.56. The van der Waals surface area contributed by atoms with Gasteiger partial charge in [0.25, 0.3) is 11.6 Å². The number of benzene rings is 3. The maximum absolute atomic E-state index is 12.3. The van der Waals surface area contributed by atoms with Crippen LogP contribution in [0.2, 0.25) is 0 Å². The summed E-state index contributed by atoms with van der Waals surface area (Å²) in [4.78, 5) is 22.8. The van der Waals surface area contributed by atoms with Gasteiger partial charge in [0.2, 0.25) is 0 Å². The van der Waals surface area contributed by atoms with Gasteiger partial charge in [0.1, 0.15) is 5.69 Å². The van der Waals surface area contributed by atoms with E-state index in [0.29, 0.717) is 5.56 Å². The van der Waals surface area contributed by atoms with Gasteiger partial charge in [-0.1, -0.05) is 30.0 Å². The zero-order valence-corrected chi connectivity index (χ0v) is 18.6. The molecule has 168 valence electrons. The molecule has 8 nitrogen and oxygen atoms in total. The molecule has 0 radical (unpaired) electrons. The zero-order chi connectivity index (χ0) is 23.8. The van der Waals surface area contributed by atoms with Gasteiger partial charge < -0.3 is 10.6 Å². The second-order valence-corrected chi connectivity index (χ2v) is 9.10. The molecule has 0 aromatic heterocycles. The fourth-order valence-corrected chi connectivity index (χ4v) is 3.53. The van der Waals surface area contributed by atoms with Gasteiger partial charge in [-0.05, 0) is 48.5 Å². The molecule has 33 heavy (non-hydrogen) atoms. The van der Waals surface area contributed by atoms with E-state index in [-0.39, 0.29) is 35.3 Å². The first-order valence-corrected chi connectivity index (χ1v) is 11.8. The number of amides is 1. The molecule has 0 saturated heterocycles. The van der Waals surface area contributed by atoms with Crippen LogP contribution in [0.1, 0.15) is 21.5 Å². The highest BCUT2D eigenvalue weighted by atomic mass is 32.2. The molecule has 0 unspecified atom stereocenters. The summed E-state index contributed by atoms with van der Waals surface area (Å²) in [6.07, 6.45) is 0.983. The average molecular weight is 464 g/mol. The zero-order valence-electron chi connectivity index (χ0n) is 17.7. The molecule has 0 saturated carbocycles. The minimum Gasteiger partial charge on any atom is -0.378 e. The summed E-state index contributed by atoms with van der Waals surface area (Å²) in [6.45, 7) is 0.421. The molecule has 2 N–H and O–H groups in total. The first-order valence-electron chi connectivity index (χ1n) is 9.92. The van der Waals surface area contributed by atoms with Crippen molar-refractivity contribution < 1.29 is 18.1 Å². The lowest BCUT2D eigenvalue weighted by Crippen LogP contribution is -2.28. The molecule has 0 aliphatic carbocycles. The van der Waals surface area contributed by atoms with Gasteiger partial charge in [0.15, 0.2) is 9.84 Å². The maximum atomic E-state index is 12.3. The van der Waals surface area contributed by atoms with Crippen molar-refractivity contribution in [1.29, 1.82) is 0 Å².